The van der Waals surface area contributed by atoms with Gasteiger partial charge in [0.2, 0.25) is 0 Å². The summed E-state index contributed by atoms with van der Waals surface area (Å²) in [6, 6.07) is 47.2. The number of fused-ring (bicyclic) bond motifs is 12. The van der Waals surface area contributed by atoms with Gasteiger partial charge in [-0.1, -0.05) is 135 Å². The van der Waals surface area contributed by atoms with Gasteiger partial charge in [-0.15, -0.1) is 22.7 Å². The van der Waals surface area contributed by atoms with Crippen LogP contribution >= 0.6 is 22.7 Å². The van der Waals surface area contributed by atoms with Crippen LogP contribution in [0.3, 0.4) is 0 Å². The maximum absolute atomic E-state index is 7.44. The van der Waals surface area contributed by atoms with Crippen LogP contribution in [-0.2, 0) is 18.6 Å². The average Bonchev–Trinajstić information content (AvgIpc) is 3.97. The summed E-state index contributed by atoms with van der Waals surface area (Å²) in [5, 5.41) is 6.64. The molecule has 0 radical (unpaired) electrons. The highest BCUT2D eigenvalue weighted by molar-refractivity contribution is 7.31. The number of nitrogens with one attached hydrogen (secondary N) is 2. The molecule has 3 aromatic heterocycles. The van der Waals surface area contributed by atoms with E-state index < -0.39 is 5.66 Å². The Balaban J connectivity index is 0.00000171. The Kier molecular flexibility index (Phi) is 8.07. The lowest BCUT2D eigenvalue weighted by atomic mass is 9.92. The second-order valence-electron chi connectivity index (χ2n) is 12.8. The first kappa shape index (κ1) is 31.9. The molecular formula is C45H38N4S2. The van der Waals surface area contributed by atoms with Crippen molar-refractivity contribution in [3.8, 4) is 5.69 Å². The highest BCUT2D eigenvalue weighted by atomic mass is 32.1. The summed E-state index contributed by atoms with van der Waals surface area (Å²) in [5.74, 6) is 0. The Morgan fingerprint density at radius 3 is 2.20 bits per heavy atom. The second kappa shape index (κ2) is 12.9. The number of para-hydroxylation sites is 1. The van der Waals surface area contributed by atoms with E-state index in [1.807, 2.05) is 60.8 Å². The topological polar surface area (TPSA) is 55.0 Å². The monoisotopic (exact) mass is 698 g/mol. The molecule has 3 heterocycles. The van der Waals surface area contributed by atoms with Crippen molar-refractivity contribution in [3.63, 3.8) is 0 Å². The molecule has 0 bridgehead atoms. The minimum absolute atomic E-state index is 0.637. The third kappa shape index (κ3) is 5.06. The normalized spacial score (nSPS) is 13.6. The van der Waals surface area contributed by atoms with E-state index in [9.17, 15) is 0 Å². The fraction of sp³-hybridized carbons (Fsp3) is 0.111. The molecule has 0 saturated carbocycles. The van der Waals surface area contributed by atoms with Gasteiger partial charge in [0.05, 0.1) is 20.4 Å². The van der Waals surface area contributed by atoms with Gasteiger partial charge in [-0.2, -0.15) is 0 Å². The molecule has 1 atom stereocenters. The molecular weight excluding hydrogens is 661 g/mol. The van der Waals surface area contributed by atoms with Crippen LogP contribution in [0, 0.1) is 0 Å². The second-order valence-corrected chi connectivity index (χ2v) is 15.0. The number of aromatic nitrogens is 1. The van der Waals surface area contributed by atoms with E-state index >= 15 is 0 Å². The lowest BCUT2D eigenvalue weighted by Gasteiger charge is -2.32. The maximum Gasteiger partial charge on any atom is 0.131 e. The molecule has 51 heavy (non-hydrogen) atoms. The zero-order chi connectivity index (χ0) is 34.5. The molecule has 0 amide bonds. The first-order valence-corrected chi connectivity index (χ1v) is 19.3. The van der Waals surface area contributed by atoms with Crippen LogP contribution in [0.1, 0.15) is 41.0 Å². The summed E-state index contributed by atoms with van der Waals surface area (Å²) in [7, 11) is 0. The number of nitrogens with zero attached hydrogens (tertiary/aromatic N) is 1. The summed E-state index contributed by atoms with van der Waals surface area (Å²) in [6.45, 7) is 4.64. The molecule has 1 aliphatic carbocycles. The van der Waals surface area contributed by atoms with E-state index in [0.29, 0.717) is 6.54 Å². The van der Waals surface area contributed by atoms with Gasteiger partial charge in [0.15, 0.2) is 0 Å². The highest BCUT2D eigenvalue weighted by Crippen LogP contribution is 2.52. The third-order valence-corrected chi connectivity index (χ3v) is 12.5. The Labute approximate surface area is 305 Å². The molecule has 6 aromatic carbocycles. The maximum atomic E-state index is 7.44. The summed E-state index contributed by atoms with van der Waals surface area (Å²) < 4.78 is 6.59. The van der Waals surface area contributed by atoms with Crippen molar-refractivity contribution in [2.45, 2.75) is 32.5 Å². The van der Waals surface area contributed by atoms with Crippen molar-refractivity contribution in [3.05, 3.63) is 167 Å². The first-order chi connectivity index (χ1) is 25.2. The number of hydrogen-bond donors (Lipinski definition) is 3. The van der Waals surface area contributed by atoms with E-state index in [1.54, 1.807) is 0 Å². The van der Waals surface area contributed by atoms with E-state index in [-0.39, 0.29) is 0 Å². The molecule has 0 spiro atoms. The van der Waals surface area contributed by atoms with Crippen molar-refractivity contribution in [1.82, 2.24) is 15.4 Å². The van der Waals surface area contributed by atoms with Crippen molar-refractivity contribution in [1.29, 1.82) is 0 Å². The van der Waals surface area contributed by atoms with Gasteiger partial charge in [-0.25, -0.2) is 5.43 Å². The van der Waals surface area contributed by atoms with Gasteiger partial charge in [0.1, 0.15) is 5.66 Å². The van der Waals surface area contributed by atoms with Gasteiger partial charge in [0, 0.05) is 55.2 Å². The van der Waals surface area contributed by atoms with Crippen molar-refractivity contribution < 1.29 is 0 Å². The van der Waals surface area contributed by atoms with Crippen LogP contribution in [0.25, 0.3) is 63.8 Å². The smallest absolute Gasteiger partial charge is 0.131 e. The SMILES string of the molecule is CC.NC(NNCc1ccccc1)(c1ccccc1)c1cccc(-n2c3ccccc3c3c4c5c(sc4c4sc6ccccc6c4c32)CC=C5)c1. The number of benzene rings is 6. The molecule has 0 fully saturated rings. The number of rotatable bonds is 7. The Morgan fingerprint density at radius 1 is 0.686 bits per heavy atom. The number of hydrazine groups is 1. The lowest BCUT2D eigenvalue weighted by Crippen LogP contribution is -2.56. The molecule has 6 heteroatoms. The molecule has 9 aromatic rings. The molecule has 1 aliphatic rings. The van der Waals surface area contributed by atoms with E-state index in [4.69, 9.17) is 5.73 Å². The summed E-state index contributed by atoms with van der Waals surface area (Å²) >= 11 is 3.90. The molecule has 4 N–H and O–H groups in total. The third-order valence-electron chi connectivity index (χ3n) is 9.98. The standard InChI is InChI=1S/C43H32N4S2.C2H6/c44-43(28-15-5-2-6-16-28,46-45-26-27-13-3-1-4-14-27)29-17-11-18-30(25-29)47-34-22-9-7-19-31(34)37-38-32-21-12-24-36(32)48-41(38)42-39(40(37)47)33-20-8-10-23-35(33)49-42;1-2/h1-23,25,45-46H,24,26,44H2;1-2H3. The van der Waals surface area contributed by atoms with Crippen LogP contribution < -0.4 is 16.6 Å². The van der Waals surface area contributed by atoms with E-state index in [1.165, 1.54) is 68.1 Å². The zero-order valence-electron chi connectivity index (χ0n) is 28.6. The van der Waals surface area contributed by atoms with Gasteiger partial charge in [-0.05, 0) is 46.5 Å². The molecule has 4 nitrogen and oxygen atoms in total. The fourth-order valence-corrected chi connectivity index (χ4v) is 10.3. The summed E-state index contributed by atoms with van der Waals surface area (Å²) in [4.78, 5) is 1.46. The zero-order valence-corrected chi connectivity index (χ0v) is 30.2. The van der Waals surface area contributed by atoms with Crippen LogP contribution in [0.4, 0.5) is 0 Å². The van der Waals surface area contributed by atoms with Gasteiger partial charge >= 0.3 is 0 Å². The minimum Gasteiger partial charge on any atom is -0.309 e. The molecule has 10 rings (SSSR count). The number of allylic oxidation sites excluding steroid dienone is 1. The fourth-order valence-electron chi connectivity index (χ4n) is 7.73. The number of nitrogens with two attached hydrogens (primary N) is 1. The van der Waals surface area contributed by atoms with Gasteiger partial charge in [-0.3, -0.25) is 5.43 Å². The summed E-state index contributed by atoms with van der Waals surface area (Å²) in [5.41, 5.74) is 21.5. The largest absolute Gasteiger partial charge is 0.309 e. The summed E-state index contributed by atoms with van der Waals surface area (Å²) in [6.07, 6.45) is 5.66. The van der Waals surface area contributed by atoms with Crippen molar-refractivity contribution >= 4 is 80.8 Å². The van der Waals surface area contributed by atoms with Crippen LogP contribution in [0.15, 0.2) is 140 Å². The first-order valence-electron chi connectivity index (χ1n) is 17.7. The Hall–Kier alpha value is -5.08. The quantitative estimate of drug-likeness (QED) is 0.115. The van der Waals surface area contributed by atoms with Crippen molar-refractivity contribution in [2.24, 2.45) is 5.73 Å². The van der Waals surface area contributed by atoms with Crippen LogP contribution in [0.5, 0.6) is 0 Å². The van der Waals surface area contributed by atoms with Crippen LogP contribution in [0.2, 0.25) is 0 Å². The van der Waals surface area contributed by atoms with Crippen molar-refractivity contribution in [2.75, 3.05) is 0 Å². The Bertz CT molecular complexity index is 2740. The molecule has 0 aliphatic heterocycles. The van der Waals surface area contributed by atoms with E-state index in [0.717, 1.165) is 23.2 Å². The van der Waals surface area contributed by atoms with Crippen LogP contribution in [-0.4, -0.2) is 4.57 Å². The average molecular weight is 699 g/mol. The predicted molar refractivity (Wildman–Crippen MR) is 221 cm³/mol. The minimum atomic E-state index is -0.999. The lowest BCUT2D eigenvalue weighted by molar-refractivity contribution is 0.345. The van der Waals surface area contributed by atoms with Gasteiger partial charge < -0.3 is 10.3 Å². The Morgan fingerprint density at radius 2 is 1.37 bits per heavy atom. The highest BCUT2D eigenvalue weighted by Gasteiger charge is 2.31. The van der Waals surface area contributed by atoms with Gasteiger partial charge in [0.25, 0.3) is 0 Å². The van der Waals surface area contributed by atoms with E-state index in [2.05, 4.69) is 137 Å². The predicted octanol–water partition coefficient (Wildman–Crippen LogP) is 11.4. The molecule has 250 valence electrons. The molecule has 0 saturated heterocycles. The number of thiophene rings is 2. The molecule has 1 unspecified atom stereocenters. The number of hydrogen-bond acceptors (Lipinski definition) is 5.